The van der Waals surface area contributed by atoms with E-state index in [9.17, 15) is 10.1 Å². The van der Waals surface area contributed by atoms with E-state index in [0.29, 0.717) is 5.92 Å². The Bertz CT molecular complexity index is 606. The minimum Gasteiger partial charge on any atom is -0.399 e. The van der Waals surface area contributed by atoms with Crippen molar-refractivity contribution in [2.24, 2.45) is 5.92 Å². The van der Waals surface area contributed by atoms with E-state index in [0.717, 1.165) is 36.9 Å². The minimum absolute atomic E-state index is 0.148. The smallest absolute Gasteiger partial charge is 0.269 e. The van der Waals surface area contributed by atoms with Crippen molar-refractivity contribution in [1.82, 2.24) is 0 Å². The molecule has 2 rings (SSSR count). The van der Waals surface area contributed by atoms with Gasteiger partial charge in [-0.3, -0.25) is 10.1 Å². The van der Waals surface area contributed by atoms with E-state index in [2.05, 4.69) is 19.1 Å². The molecule has 116 valence electrons. The summed E-state index contributed by atoms with van der Waals surface area (Å²) in [6, 6.07) is 14.9. The fourth-order valence-electron chi connectivity index (χ4n) is 2.76. The fraction of sp³-hybridized carbons (Fsp3) is 0.333. The van der Waals surface area contributed by atoms with Crippen LogP contribution in [0, 0.1) is 16.0 Å². The van der Waals surface area contributed by atoms with E-state index in [1.54, 1.807) is 12.1 Å². The number of rotatable bonds is 7. The van der Waals surface area contributed by atoms with E-state index in [1.807, 2.05) is 24.3 Å². The zero-order valence-electron chi connectivity index (χ0n) is 12.9. The van der Waals surface area contributed by atoms with Gasteiger partial charge in [-0.25, -0.2) is 0 Å². The van der Waals surface area contributed by atoms with Gasteiger partial charge < -0.3 is 5.73 Å². The molecule has 0 aromatic heterocycles. The molecule has 22 heavy (non-hydrogen) atoms. The molecule has 0 aliphatic heterocycles. The van der Waals surface area contributed by atoms with E-state index in [1.165, 1.54) is 5.56 Å². The lowest BCUT2D eigenvalue weighted by Crippen LogP contribution is -2.08. The monoisotopic (exact) mass is 298 g/mol. The molecule has 0 heterocycles. The highest BCUT2D eigenvalue weighted by molar-refractivity contribution is 5.39. The van der Waals surface area contributed by atoms with Gasteiger partial charge in [-0.2, -0.15) is 0 Å². The molecule has 1 atom stereocenters. The van der Waals surface area contributed by atoms with Crippen LogP contribution in [0.5, 0.6) is 0 Å². The molecule has 4 nitrogen and oxygen atoms in total. The second-order valence-electron chi connectivity index (χ2n) is 5.73. The van der Waals surface area contributed by atoms with Gasteiger partial charge in [0.2, 0.25) is 0 Å². The number of nitrogens with zero attached hydrogens (tertiary/aromatic N) is 1. The van der Waals surface area contributed by atoms with Gasteiger partial charge in [0.05, 0.1) is 4.92 Å². The lowest BCUT2D eigenvalue weighted by molar-refractivity contribution is -0.384. The van der Waals surface area contributed by atoms with Gasteiger partial charge in [0.1, 0.15) is 0 Å². The average molecular weight is 298 g/mol. The maximum Gasteiger partial charge on any atom is 0.269 e. The molecule has 0 bridgehead atoms. The summed E-state index contributed by atoms with van der Waals surface area (Å²) in [5.74, 6) is 0.537. The SMILES string of the molecule is CCCC(Cc1ccc(N)cc1)Cc1ccc([N+](=O)[O-])cc1. The molecule has 0 fully saturated rings. The van der Waals surface area contributed by atoms with Gasteiger partial charge in [-0.1, -0.05) is 44.0 Å². The zero-order valence-corrected chi connectivity index (χ0v) is 12.9. The first-order valence-corrected chi connectivity index (χ1v) is 7.66. The third-order valence-corrected chi connectivity index (χ3v) is 3.87. The number of non-ortho nitro benzene ring substituents is 1. The third-order valence-electron chi connectivity index (χ3n) is 3.87. The van der Waals surface area contributed by atoms with Crippen LogP contribution < -0.4 is 5.73 Å². The summed E-state index contributed by atoms with van der Waals surface area (Å²) in [6.45, 7) is 2.19. The van der Waals surface area contributed by atoms with Crippen molar-refractivity contribution in [3.63, 3.8) is 0 Å². The molecule has 1 unspecified atom stereocenters. The number of nitro benzene ring substituents is 1. The highest BCUT2D eigenvalue weighted by Gasteiger charge is 2.11. The van der Waals surface area contributed by atoms with Crippen LogP contribution in [0.2, 0.25) is 0 Å². The van der Waals surface area contributed by atoms with Gasteiger partial charge in [0, 0.05) is 17.8 Å². The molecular formula is C18H22N2O2. The topological polar surface area (TPSA) is 69.2 Å². The Kier molecular flexibility index (Phi) is 5.53. The van der Waals surface area contributed by atoms with Gasteiger partial charge >= 0.3 is 0 Å². The summed E-state index contributed by atoms with van der Waals surface area (Å²) in [4.78, 5) is 10.3. The van der Waals surface area contributed by atoms with E-state index in [-0.39, 0.29) is 10.6 Å². The Labute approximate surface area is 131 Å². The highest BCUT2D eigenvalue weighted by atomic mass is 16.6. The fourth-order valence-corrected chi connectivity index (χ4v) is 2.76. The van der Waals surface area contributed by atoms with Crippen LogP contribution in [0.4, 0.5) is 11.4 Å². The van der Waals surface area contributed by atoms with Gasteiger partial charge in [0.15, 0.2) is 0 Å². The third kappa shape index (κ3) is 4.58. The molecule has 0 amide bonds. The minimum atomic E-state index is -0.359. The van der Waals surface area contributed by atoms with Crippen LogP contribution >= 0.6 is 0 Å². The number of nitrogen functional groups attached to an aromatic ring is 1. The Hall–Kier alpha value is -2.36. The average Bonchev–Trinajstić information content (AvgIpc) is 2.50. The van der Waals surface area contributed by atoms with Crippen LogP contribution in [0.25, 0.3) is 0 Å². The van der Waals surface area contributed by atoms with Crippen molar-refractivity contribution in [2.45, 2.75) is 32.6 Å². The first-order valence-electron chi connectivity index (χ1n) is 7.66. The predicted octanol–water partition coefficient (Wildman–Crippen LogP) is 4.38. The van der Waals surface area contributed by atoms with Crippen molar-refractivity contribution < 1.29 is 4.92 Å². The maximum absolute atomic E-state index is 10.7. The zero-order chi connectivity index (χ0) is 15.9. The molecule has 0 aliphatic rings. The molecule has 4 heteroatoms. The number of benzene rings is 2. The Balaban J connectivity index is 2.04. The van der Waals surface area contributed by atoms with Crippen LogP contribution in [0.3, 0.4) is 0 Å². The van der Waals surface area contributed by atoms with Gasteiger partial charge in [-0.15, -0.1) is 0 Å². The second kappa shape index (κ2) is 7.59. The van der Waals surface area contributed by atoms with Crippen LogP contribution in [0.15, 0.2) is 48.5 Å². The lowest BCUT2D eigenvalue weighted by atomic mass is 9.89. The summed E-state index contributed by atoms with van der Waals surface area (Å²) in [5, 5.41) is 10.7. The molecule has 0 saturated heterocycles. The number of hydrogen-bond donors (Lipinski definition) is 1. The van der Waals surface area contributed by atoms with Crippen molar-refractivity contribution in [3.05, 3.63) is 69.8 Å². The molecule has 0 saturated carbocycles. The summed E-state index contributed by atoms with van der Waals surface area (Å²) in [7, 11) is 0. The number of nitro groups is 1. The summed E-state index contributed by atoms with van der Waals surface area (Å²) in [5.41, 5.74) is 9.09. The Morgan fingerprint density at radius 1 is 1.00 bits per heavy atom. The molecule has 2 N–H and O–H groups in total. The number of anilines is 1. The van der Waals surface area contributed by atoms with Crippen molar-refractivity contribution in [3.8, 4) is 0 Å². The number of hydrogen-bond acceptors (Lipinski definition) is 3. The summed E-state index contributed by atoms with van der Waals surface area (Å²) < 4.78 is 0. The van der Waals surface area contributed by atoms with Gasteiger partial charge in [0.25, 0.3) is 5.69 Å². The molecule has 2 aromatic rings. The van der Waals surface area contributed by atoms with Crippen LogP contribution in [0.1, 0.15) is 30.9 Å². The summed E-state index contributed by atoms with van der Waals surface area (Å²) >= 11 is 0. The van der Waals surface area contributed by atoms with Crippen molar-refractivity contribution >= 4 is 11.4 Å². The molecule has 0 spiro atoms. The van der Waals surface area contributed by atoms with E-state index < -0.39 is 0 Å². The molecule has 0 aliphatic carbocycles. The molecular weight excluding hydrogens is 276 g/mol. The van der Waals surface area contributed by atoms with Crippen molar-refractivity contribution in [1.29, 1.82) is 0 Å². The molecule has 2 aromatic carbocycles. The Morgan fingerprint density at radius 2 is 1.50 bits per heavy atom. The van der Waals surface area contributed by atoms with E-state index >= 15 is 0 Å². The number of nitrogens with two attached hydrogens (primary N) is 1. The highest BCUT2D eigenvalue weighted by Crippen LogP contribution is 2.21. The van der Waals surface area contributed by atoms with E-state index in [4.69, 9.17) is 5.73 Å². The quantitative estimate of drug-likeness (QED) is 0.468. The van der Waals surface area contributed by atoms with Crippen LogP contribution in [-0.4, -0.2) is 4.92 Å². The second-order valence-corrected chi connectivity index (χ2v) is 5.73. The van der Waals surface area contributed by atoms with Crippen LogP contribution in [-0.2, 0) is 12.8 Å². The van der Waals surface area contributed by atoms with Gasteiger partial charge in [-0.05, 0) is 42.0 Å². The first-order chi connectivity index (χ1) is 10.6. The first kappa shape index (κ1) is 16.0. The summed E-state index contributed by atoms with van der Waals surface area (Å²) in [6.07, 6.45) is 4.22. The normalized spacial score (nSPS) is 12.0. The maximum atomic E-state index is 10.7. The predicted molar refractivity (Wildman–Crippen MR) is 89.8 cm³/mol. The lowest BCUT2D eigenvalue weighted by Gasteiger charge is -2.16. The van der Waals surface area contributed by atoms with Crippen molar-refractivity contribution in [2.75, 3.05) is 5.73 Å². The Morgan fingerprint density at radius 3 is 1.95 bits per heavy atom. The standard InChI is InChI=1S/C18H22N2O2/c1-2-3-16(12-14-4-8-17(19)9-5-14)13-15-6-10-18(11-7-15)20(21)22/h4-11,16H,2-3,12-13,19H2,1H3. The largest absolute Gasteiger partial charge is 0.399 e. The molecule has 0 radical (unpaired) electrons.